The molecule has 1 unspecified atom stereocenters. The van der Waals surface area contributed by atoms with Crippen LogP contribution >= 0.6 is 0 Å². The Morgan fingerprint density at radius 1 is 1.62 bits per heavy atom. The topological polar surface area (TPSA) is 73.9 Å². The van der Waals surface area contributed by atoms with E-state index >= 15 is 0 Å². The summed E-state index contributed by atoms with van der Waals surface area (Å²) in [7, 11) is 1.75. The fourth-order valence-corrected chi connectivity index (χ4v) is 1.52. The zero-order chi connectivity index (χ0) is 12.3. The lowest BCUT2D eigenvalue weighted by molar-refractivity contribution is -0.158. The van der Waals surface area contributed by atoms with Gasteiger partial charge in [-0.2, -0.15) is 0 Å². The molecule has 5 heteroatoms. The third kappa shape index (κ3) is 3.08. The number of furan rings is 1. The molecule has 0 bridgehead atoms. The fraction of sp³-hybridized carbons (Fsp3) is 0.545. The average molecular weight is 227 g/mol. The van der Waals surface area contributed by atoms with Crippen molar-refractivity contribution >= 4 is 5.97 Å². The van der Waals surface area contributed by atoms with Crippen LogP contribution in [0.1, 0.15) is 18.2 Å². The molecule has 0 aromatic carbocycles. The van der Waals surface area contributed by atoms with Crippen LogP contribution in [0.2, 0.25) is 0 Å². The molecule has 0 fully saturated rings. The highest BCUT2D eigenvalue weighted by Gasteiger charge is 2.31. The summed E-state index contributed by atoms with van der Waals surface area (Å²) < 4.78 is 5.14. The van der Waals surface area contributed by atoms with Crippen molar-refractivity contribution in [3.8, 4) is 0 Å². The summed E-state index contributed by atoms with van der Waals surface area (Å²) >= 11 is 0. The minimum absolute atomic E-state index is 0.0625. The molecule has 1 aromatic rings. The van der Waals surface area contributed by atoms with E-state index in [9.17, 15) is 9.90 Å². The molecule has 1 heterocycles. The summed E-state index contributed by atoms with van der Waals surface area (Å²) in [6.45, 7) is 3.74. The lowest BCUT2D eigenvalue weighted by atomic mass is 10.1. The number of rotatable bonds is 5. The van der Waals surface area contributed by atoms with E-state index < -0.39 is 11.6 Å². The van der Waals surface area contributed by atoms with E-state index in [2.05, 4.69) is 0 Å². The number of nitrogens with zero attached hydrogens (tertiary/aromatic N) is 1. The molecule has 0 saturated heterocycles. The standard InChI is InChI=1S/C11H17NO4/c1-8-9(4-5-16-8)6-12(3)7-11(2,15)10(13)14/h4-5,15H,6-7H2,1-3H3,(H,13,14). The Labute approximate surface area is 94.3 Å². The summed E-state index contributed by atoms with van der Waals surface area (Å²) in [6, 6.07) is 1.83. The maximum absolute atomic E-state index is 10.7. The maximum atomic E-state index is 10.7. The quantitative estimate of drug-likeness (QED) is 0.780. The molecule has 1 rings (SSSR count). The summed E-state index contributed by atoms with van der Waals surface area (Å²) in [6.07, 6.45) is 1.59. The van der Waals surface area contributed by atoms with E-state index in [0.29, 0.717) is 6.54 Å². The normalized spacial score (nSPS) is 15.1. The third-order valence-corrected chi connectivity index (χ3v) is 2.45. The van der Waals surface area contributed by atoms with Crippen LogP contribution in [0.5, 0.6) is 0 Å². The van der Waals surface area contributed by atoms with Crippen LogP contribution in [0.4, 0.5) is 0 Å². The van der Waals surface area contributed by atoms with Crippen molar-refractivity contribution in [1.29, 1.82) is 0 Å². The van der Waals surface area contributed by atoms with Crippen LogP contribution in [0.15, 0.2) is 16.7 Å². The molecule has 5 nitrogen and oxygen atoms in total. The highest BCUT2D eigenvalue weighted by molar-refractivity contribution is 5.76. The summed E-state index contributed by atoms with van der Waals surface area (Å²) in [5.74, 6) is -0.412. The third-order valence-electron chi connectivity index (χ3n) is 2.45. The minimum Gasteiger partial charge on any atom is -0.479 e. The Kier molecular flexibility index (Phi) is 3.72. The number of carboxylic acid groups (broad SMARTS) is 1. The van der Waals surface area contributed by atoms with Gasteiger partial charge in [-0.3, -0.25) is 4.90 Å². The number of hydrogen-bond donors (Lipinski definition) is 2. The van der Waals surface area contributed by atoms with Gasteiger partial charge < -0.3 is 14.6 Å². The number of aryl methyl sites for hydroxylation is 1. The molecule has 0 aliphatic rings. The van der Waals surface area contributed by atoms with Crippen LogP contribution in [0, 0.1) is 6.92 Å². The van der Waals surface area contributed by atoms with Crippen LogP contribution in [0.3, 0.4) is 0 Å². The number of carbonyl (C=O) groups is 1. The summed E-state index contributed by atoms with van der Waals surface area (Å²) in [5, 5.41) is 18.4. The van der Waals surface area contributed by atoms with Gasteiger partial charge in [0, 0.05) is 18.7 Å². The van der Waals surface area contributed by atoms with Crippen molar-refractivity contribution in [2.24, 2.45) is 0 Å². The number of hydrogen-bond acceptors (Lipinski definition) is 4. The van der Waals surface area contributed by atoms with Crippen molar-refractivity contribution in [2.45, 2.75) is 26.0 Å². The van der Waals surface area contributed by atoms with Gasteiger partial charge in [0.05, 0.1) is 6.26 Å². The van der Waals surface area contributed by atoms with Gasteiger partial charge in [0.15, 0.2) is 5.60 Å². The van der Waals surface area contributed by atoms with Crippen LogP contribution < -0.4 is 0 Å². The van der Waals surface area contributed by atoms with Crippen molar-refractivity contribution in [3.05, 3.63) is 23.7 Å². The van der Waals surface area contributed by atoms with Crippen molar-refractivity contribution in [2.75, 3.05) is 13.6 Å². The van der Waals surface area contributed by atoms with Crippen LogP contribution in [0.25, 0.3) is 0 Å². The van der Waals surface area contributed by atoms with Gasteiger partial charge in [-0.25, -0.2) is 4.79 Å². The molecular formula is C11H17NO4. The SMILES string of the molecule is Cc1occc1CN(C)CC(C)(O)C(=O)O. The molecular weight excluding hydrogens is 210 g/mol. The van der Waals surface area contributed by atoms with Crippen molar-refractivity contribution < 1.29 is 19.4 Å². The monoisotopic (exact) mass is 227 g/mol. The van der Waals surface area contributed by atoms with Gasteiger partial charge >= 0.3 is 5.97 Å². The Bertz CT molecular complexity index is 370. The first-order chi connectivity index (χ1) is 7.33. The van der Waals surface area contributed by atoms with Crippen molar-refractivity contribution in [1.82, 2.24) is 4.90 Å². The van der Waals surface area contributed by atoms with Gasteiger partial charge in [0.1, 0.15) is 5.76 Å². The molecule has 90 valence electrons. The summed E-state index contributed by atoms with van der Waals surface area (Å²) in [5.41, 5.74) is -0.740. The van der Waals surface area contributed by atoms with Gasteiger partial charge in [-0.15, -0.1) is 0 Å². The van der Waals surface area contributed by atoms with Crippen LogP contribution in [-0.4, -0.2) is 40.3 Å². The molecule has 1 aromatic heterocycles. The van der Waals surface area contributed by atoms with E-state index in [-0.39, 0.29) is 6.54 Å². The number of likely N-dealkylation sites (N-methyl/N-ethyl adjacent to an activating group) is 1. The highest BCUT2D eigenvalue weighted by Crippen LogP contribution is 2.13. The second-order valence-electron chi connectivity index (χ2n) is 4.25. The van der Waals surface area contributed by atoms with Crippen LogP contribution in [-0.2, 0) is 11.3 Å². The zero-order valence-electron chi connectivity index (χ0n) is 9.73. The van der Waals surface area contributed by atoms with Gasteiger partial charge in [-0.1, -0.05) is 0 Å². The Balaban J connectivity index is 2.58. The van der Waals surface area contributed by atoms with Gasteiger partial charge in [0.2, 0.25) is 0 Å². The molecule has 0 radical (unpaired) electrons. The minimum atomic E-state index is -1.73. The molecule has 0 saturated carbocycles. The molecule has 0 aliphatic heterocycles. The average Bonchev–Trinajstić information content (AvgIpc) is 2.50. The van der Waals surface area contributed by atoms with E-state index in [0.717, 1.165) is 11.3 Å². The van der Waals surface area contributed by atoms with E-state index in [1.165, 1.54) is 6.92 Å². The number of aliphatic carboxylic acids is 1. The molecule has 0 amide bonds. The second-order valence-corrected chi connectivity index (χ2v) is 4.25. The smallest absolute Gasteiger partial charge is 0.336 e. The predicted octanol–water partition coefficient (Wildman–Crippen LogP) is 0.855. The van der Waals surface area contributed by atoms with Crippen molar-refractivity contribution in [3.63, 3.8) is 0 Å². The predicted molar refractivity (Wildman–Crippen MR) is 58.0 cm³/mol. The fourth-order valence-electron chi connectivity index (χ4n) is 1.52. The Hall–Kier alpha value is -1.33. The molecule has 0 aliphatic carbocycles. The van der Waals surface area contributed by atoms with Gasteiger partial charge in [0.25, 0.3) is 0 Å². The largest absolute Gasteiger partial charge is 0.479 e. The first kappa shape index (κ1) is 12.7. The zero-order valence-corrected chi connectivity index (χ0v) is 9.73. The highest BCUT2D eigenvalue weighted by atomic mass is 16.4. The second kappa shape index (κ2) is 4.67. The first-order valence-electron chi connectivity index (χ1n) is 5.00. The Morgan fingerprint density at radius 2 is 2.25 bits per heavy atom. The molecule has 2 N–H and O–H groups in total. The molecule has 1 atom stereocenters. The van der Waals surface area contributed by atoms with E-state index in [1.54, 1.807) is 18.2 Å². The van der Waals surface area contributed by atoms with E-state index in [4.69, 9.17) is 9.52 Å². The lowest BCUT2D eigenvalue weighted by Crippen LogP contribution is -2.45. The maximum Gasteiger partial charge on any atom is 0.336 e. The Morgan fingerprint density at radius 3 is 2.69 bits per heavy atom. The number of carboxylic acids is 1. The lowest BCUT2D eigenvalue weighted by Gasteiger charge is -2.25. The first-order valence-corrected chi connectivity index (χ1v) is 5.00. The molecule has 0 spiro atoms. The summed E-state index contributed by atoms with van der Waals surface area (Å²) in [4.78, 5) is 12.5. The number of aliphatic hydroxyl groups is 1. The van der Waals surface area contributed by atoms with Gasteiger partial charge in [-0.05, 0) is 27.0 Å². The molecule has 16 heavy (non-hydrogen) atoms. The van der Waals surface area contributed by atoms with E-state index in [1.807, 2.05) is 13.0 Å².